The van der Waals surface area contributed by atoms with Crippen molar-refractivity contribution in [1.82, 2.24) is 0 Å². The number of benzene rings is 1. The fraction of sp³-hybridized carbons (Fsp3) is 0.421. The minimum Gasteiger partial charge on any atom is -0.494 e. The molecule has 118 valence electrons. The number of unbranched alkanes of at least 4 members (excludes halogenated alkanes) is 4. The highest BCUT2D eigenvalue weighted by Gasteiger charge is 2.10. The zero-order valence-corrected chi connectivity index (χ0v) is 14.3. The lowest BCUT2D eigenvalue weighted by Crippen LogP contribution is -2.30. The number of aryl methyl sites for hydroxylation is 1. The first-order valence-electron chi connectivity index (χ1n) is 8.09. The highest BCUT2D eigenvalue weighted by Crippen LogP contribution is 2.22. The fourth-order valence-corrected chi connectivity index (χ4v) is 2.61. The second-order valence-corrected chi connectivity index (χ2v) is 6.06. The summed E-state index contributed by atoms with van der Waals surface area (Å²) in [6, 6.07) is 12.1. The lowest BCUT2D eigenvalue weighted by molar-refractivity contribution is -0.660. The van der Waals surface area contributed by atoms with E-state index >= 15 is 0 Å². The van der Waals surface area contributed by atoms with Crippen molar-refractivity contribution in [2.45, 2.75) is 39.0 Å². The van der Waals surface area contributed by atoms with Crippen LogP contribution < -0.4 is 9.30 Å². The lowest BCUT2D eigenvalue weighted by Gasteiger charge is -2.07. The molecule has 0 fully saturated rings. The Morgan fingerprint density at radius 3 is 2.45 bits per heavy atom. The SMILES string of the molecule is CCCCCCCOc1ccc(-c2cc(Cl)cc[n+]2C)cc1. The number of pyridine rings is 1. The van der Waals surface area contributed by atoms with Crippen LogP contribution >= 0.6 is 11.6 Å². The summed E-state index contributed by atoms with van der Waals surface area (Å²) in [7, 11) is 2.02. The molecular weight excluding hydrogens is 294 g/mol. The highest BCUT2D eigenvalue weighted by molar-refractivity contribution is 6.30. The summed E-state index contributed by atoms with van der Waals surface area (Å²) in [5, 5.41) is 0.750. The average molecular weight is 319 g/mol. The predicted octanol–water partition coefficient (Wildman–Crippen LogP) is 5.18. The molecule has 1 aromatic heterocycles. The first kappa shape index (κ1) is 16.8. The standard InChI is InChI=1S/C19H25ClNO/c1-3-4-5-6-7-14-22-18-10-8-16(9-11-18)19-15-17(20)12-13-21(19)2/h8-13,15H,3-7,14H2,1-2H3/q+1. The van der Waals surface area contributed by atoms with Crippen LogP contribution in [-0.4, -0.2) is 6.61 Å². The van der Waals surface area contributed by atoms with Crippen LogP contribution in [-0.2, 0) is 7.05 Å². The number of hydrogen-bond acceptors (Lipinski definition) is 1. The zero-order valence-electron chi connectivity index (χ0n) is 13.5. The summed E-state index contributed by atoms with van der Waals surface area (Å²) in [6.45, 7) is 3.03. The van der Waals surface area contributed by atoms with E-state index in [0.717, 1.165) is 35.1 Å². The van der Waals surface area contributed by atoms with Gasteiger partial charge >= 0.3 is 0 Å². The molecule has 0 aliphatic carbocycles. The van der Waals surface area contributed by atoms with E-state index in [9.17, 15) is 0 Å². The van der Waals surface area contributed by atoms with Gasteiger partial charge in [-0.1, -0.05) is 44.2 Å². The quantitative estimate of drug-likeness (QED) is 0.483. The summed E-state index contributed by atoms with van der Waals surface area (Å²) >= 11 is 6.08. The van der Waals surface area contributed by atoms with Crippen LogP contribution in [0.15, 0.2) is 42.6 Å². The molecule has 0 unspecified atom stereocenters. The third-order valence-electron chi connectivity index (χ3n) is 3.78. The third-order valence-corrected chi connectivity index (χ3v) is 4.01. The highest BCUT2D eigenvalue weighted by atomic mass is 35.5. The number of halogens is 1. The van der Waals surface area contributed by atoms with Crippen LogP contribution in [0.3, 0.4) is 0 Å². The molecule has 0 saturated carbocycles. The Morgan fingerprint density at radius 2 is 1.73 bits per heavy atom. The Hall–Kier alpha value is -1.54. The van der Waals surface area contributed by atoms with Crippen molar-refractivity contribution in [2.75, 3.05) is 6.61 Å². The number of rotatable bonds is 8. The van der Waals surface area contributed by atoms with Gasteiger partial charge in [-0.2, -0.15) is 0 Å². The largest absolute Gasteiger partial charge is 0.494 e. The number of nitrogens with zero attached hydrogens (tertiary/aromatic N) is 1. The Balaban J connectivity index is 1.89. The van der Waals surface area contributed by atoms with E-state index < -0.39 is 0 Å². The van der Waals surface area contributed by atoms with Gasteiger partial charge in [-0.05, 0) is 30.7 Å². The van der Waals surface area contributed by atoms with E-state index in [0.29, 0.717) is 0 Å². The van der Waals surface area contributed by atoms with Crippen molar-refractivity contribution < 1.29 is 9.30 Å². The Morgan fingerprint density at radius 1 is 1.00 bits per heavy atom. The monoisotopic (exact) mass is 318 g/mol. The van der Waals surface area contributed by atoms with E-state index in [4.69, 9.17) is 16.3 Å². The smallest absolute Gasteiger partial charge is 0.213 e. The Labute approximate surface area is 138 Å². The van der Waals surface area contributed by atoms with Gasteiger partial charge in [-0.3, -0.25) is 0 Å². The summed E-state index contributed by atoms with van der Waals surface area (Å²) in [6.07, 6.45) is 8.27. The molecule has 0 aliphatic rings. The van der Waals surface area contributed by atoms with Gasteiger partial charge in [0.15, 0.2) is 6.20 Å². The molecule has 0 spiro atoms. The molecule has 22 heavy (non-hydrogen) atoms. The van der Waals surface area contributed by atoms with Crippen molar-refractivity contribution in [2.24, 2.45) is 7.05 Å². The van der Waals surface area contributed by atoms with Crippen LogP contribution in [0.2, 0.25) is 5.02 Å². The molecule has 0 bridgehead atoms. The molecular formula is C19H25ClNO+. The molecule has 2 aromatic rings. The summed E-state index contributed by atoms with van der Waals surface area (Å²) in [5.74, 6) is 0.934. The predicted molar refractivity (Wildman–Crippen MR) is 92.3 cm³/mol. The number of aromatic nitrogens is 1. The van der Waals surface area contributed by atoms with Crippen molar-refractivity contribution in [3.63, 3.8) is 0 Å². The van der Waals surface area contributed by atoms with Gasteiger partial charge in [0.1, 0.15) is 12.8 Å². The number of hydrogen-bond donors (Lipinski definition) is 0. The molecule has 3 heteroatoms. The minimum absolute atomic E-state index is 0.750. The van der Waals surface area contributed by atoms with Crippen LogP contribution in [0.4, 0.5) is 0 Å². The van der Waals surface area contributed by atoms with Gasteiger partial charge in [0.2, 0.25) is 5.69 Å². The van der Waals surface area contributed by atoms with Gasteiger partial charge in [0.25, 0.3) is 0 Å². The number of ether oxygens (including phenoxy) is 1. The molecule has 1 heterocycles. The topological polar surface area (TPSA) is 13.1 Å². The van der Waals surface area contributed by atoms with Crippen molar-refractivity contribution in [3.05, 3.63) is 47.6 Å². The van der Waals surface area contributed by atoms with Crippen molar-refractivity contribution in [1.29, 1.82) is 0 Å². The molecule has 0 amide bonds. The second kappa shape index (κ2) is 8.79. The average Bonchev–Trinajstić information content (AvgIpc) is 2.54. The van der Waals surface area contributed by atoms with E-state index in [1.54, 1.807) is 0 Å². The maximum Gasteiger partial charge on any atom is 0.213 e. The van der Waals surface area contributed by atoms with E-state index in [2.05, 4.69) is 23.6 Å². The molecule has 0 atom stereocenters. The Bertz CT molecular complexity index is 580. The molecule has 0 saturated heterocycles. The van der Waals surface area contributed by atoms with E-state index in [1.807, 2.05) is 37.5 Å². The van der Waals surface area contributed by atoms with Gasteiger partial charge in [0.05, 0.1) is 11.6 Å². The fourth-order valence-electron chi connectivity index (χ4n) is 2.45. The normalized spacial score (nSPS) is 10.7. The van der Waals surface area contributed by atoms with Gasteiger partial charge in [0, 0.05) is 17.7 Å². The summed E-state index contributed by atoms with van der Waals surface area (Å²) in [4.78, 5) is 0. The third kappa shape index (κ3) is 5.03. The lowest BCUT2D eigenvalue weighted by atomic mass is 10.1. The molecule has 0 aliphatic heterocycles. The molecule has 2 rings (SSSR count). The maximum atomic E-state index is 6.08. The van der Waals surface area contributed by atoms with Crippen molar-refractivity contribution >= 4 is 11.6 Å². The van der Waals surface area contributed by atoms with Crippen LogP contribution in [0.1, 0.15) is 39.0 Å². The maximum absolute atomic E-state index is 6.08. The molecule has 1 aromatic carbocycles. The van der Waals surface area contributed by atoms with Gasteiger partial charge < -0.3 is 4.74 Å². The zero-order chi connectivity index (χ0) is 15.8. The molecule has 0 radical (unpaired) electrons. The van der Waals surface area contributed by atoms with Crippen LogP contribution in [0.25, 0.3) is 11.3 Å². The summed E-state index contributed by atoms with van der Waals surface area (Å²) in [5.41, 5.74) is 2.24. The van der Waals surface area contributed by atoms with E-state index in [1.165, 1.54) is 25.7 Å². The van der Waals surface area contributed by atoms with Crippen LogP contribution in [0.5, 0.6) is 5.75 Å². The van der Waals surface area contributed by atoms with Crippen LogP contribution in [0, 0.1) is 0 Å². The van der Waals surface area contributed by atoms with Crippen molar-refractivity contribution in [3.8, 4) is 17.0 Å². The van der Waals surface area contributed by atoms with E-state index in [-0.39, 0.29) is 0 Å². The first-order chi connectivity index (χ1) is 10.7. The molecule has 0 N–H and O–H groups in total. The first-order valence-corrected chi connectivity index (χ1v) is 8.47. The van der Waals surface area contributed by atoms with Gasteiger partial charge in [-0.15, -0.1) is 0 Å². The summed E-state index contributed by atoms with van der Waals surface area (Å²) < 4.78 is 7.86. The molecule has 2 nitrogen and oxygen atoms in total. The second-order valence-electron chi connectivity index (χ2n) is 5.63. The minimum atomic E-state index is 0.750. The Kier molecular flexibility index (Phi) is 6.73. The van der Waals surface area contributed by atoms with Gasteiger partial charge in [-0.25, -0.2) is 4.57 Å².